The molecule has 0 spiro atoms. The quantitative estimate of drug-likeness (QED) is 0.0226. The van der Waals surface area contributed by atoms with Crippen LogP contribution in [0, 0.1) is 50.4 Å². The van der Waals surface area contributed by atoms with Crippen molar-refractivity contribution in [3.8, 4) is 57.5 Å². The van der Waals surface area contributed by atoms with Crippen molar-refractivity contribution in [1.29, 1.82) is 0 Å². The van der Waals surface area contributed by atoms with Gasteiger partial charge in [0.05, 0.1) is 33.3 Å². The lowest BCUT2D eigenvalue weighted by molar-refractivity contribution is -0.166. The van der Waals surface area contributed by atoms with Crippen LogP contribution in [0.4, 0.5) is 0 Å². The number of fused-ring (bicyclic) bond motifs is 18. The number of halogens is 4. The lowest BCUT2D eigenvalue weighted by atomic mass is 9.73. The molecule has 145 heavy (non-hydrogen) atoms. The van der Waals surface area contributed by atoms with E-state index in [2.05, 4.69) is 77.4 Å². The van der Waals surface area contributed by atoms with Gasteiger partial charge in [-0.3, -0.25) is 33.7 Å². The number of aromatic hydroxyl groups is 2. The number of likely N-dealkylation sites (tertiary alicyclic amines) is 5. The van der Waals surface area contributed by atoms with Crippen molar-refractivity contribution in [2.75, 3.05) is 93.1 Å². The third-order valence-electron chi connectivity index (χ3n) is 30.2. The van der Waals surface area contributed by atoms with Gasteiger partial charge in [0, 0.05) is 86.8 Å². The number of phenolic OH excluding ortho intramolecular Hbond substituents is 2. The number of aryl methyl sites for hydroxylation is 3. The van der Waals surface area contributed by atoms with Crippen LogP contribution in [-0.2, 0) is 74.1 Å². The topological polar surface area (TPSA) is 366 Å². The molecule has 788 valence electrons. The van der Waals surface area contributed by atoms with E-state index >= 15 is 0 Å². The highest BCUT2D eigenvalue weighted by molar-refractivity contribution is 14.0. The standard InChI is InChI=1S/C20H18O8.C17H20ClNO3.C17H23NO3.C17H23NO2.C16H23NO2.C15H16ClNO3.C7H8O3S.2CH4.ClH.HI/c1-11-3-7-13(8-4-11)19(25)27-15(17(21)22)16(18(23)24)28-20(26)14-9-5-12(2)6-10-14;1-2-5-19-6-3-4-10-13(19)7-11-12(18)8-14-17(22-9-21-14)15(11)16(10)20;1-2-7-18-8-3-4-12-13(18)9-11-5-6-14-17(21-10-20-14)15(11)16(12)19;1-2-7-18-8-3-4-13-9-14-12(10-15(13)18)5-6-16-17(14)20-11-19-16;1-2-7-17-8-3-4-12-9-13-11(10-14(12)17)5-6-15(18)16(13)19;1-17-4-2-3-8-11(17)5-9-10(16)6-12-15(20-7-19-12)13(9)14(8)18;1-6-2-4-7(5-3-6)11(8,9)10;;;;/h3-10,15-16H,1-2H3,(H,21,22)(H,23,24);8,10,13H,2-7,9H2,1H3;5-6,12-13,16,19H,2-4,7-10H2,1H3;5-6,13,15H,2-4,7-11H2,1H3;5-6,12,14,18-19H,2-4,7-10H2,1H3;6,8,11H,2-5,7H2,1H3;2-5H,1H3,(H,8,9,10);2*1H4;2*1H/t15-,16-;10-,13+;12-,13+,16?;13-,15-;12-,14-;8-,11+;;;;;/m100110...../s1. The number of piperidine rings is 5. The van der Waals surface area contributed by atoms with E-state index in [9.17, 15) is 62.7 Å². The molecule has 14 aliphatic rings. The number of aliphatic hydroxyl groups excluding tert-OH is 1. The number of carboxylic acids is 2. The SMILES string of the molecule is C.C.CCCN1CCC[C@@H]2C(=O)c3c(c(Cl)cc4c3OCO4)C[C@H]21.CCCN1CCC[C@@H]2C(O)c3c(ccc4c3OCO4)C[C@H]21.CCCN1CCC[C@@H]2Cc3c(ccc(O)c3O)C[C@H]21.CCCN1CCC[C@@H]2Cc3c(ccc4c3OCO4)C[C@H]21.CN1CCC[C@@H]2C(=O)c3c(c(Cl)cc4c3OCO4)C[C@H]21.Cc1ccc(C(=O)O[C@@H](C(=O)O)[C@@H](OC(=O)c2ccc(C)cc2)C(=O)O)cc1.Cc1ccc(S(=O)(=O)O)cc1.Cl.I. The van der Waals surface area contributed by atoms with Gasteiger partial charge in [-0.25, -0.2) is 19.2 Å². The number of carboxylic acid groups (broad SMARTS) is 2. The summed E-state index contributed by atoms with van der Waals surface area (Å²) in [7, 11) is -1.93. The average molecular weight is 2190 g/mol. The van der Waals surface area contributed by atoms with Gasteiger partial charge in [0.25, 0.3) is 10.1 Å². The van der Waals surface area contributed by atoms with E-state index in [0.717, 1.165) is 171 Å². The Morgan fingerprint density at radius 3 is 1.30 bits per heavy atom. The van der Waals surface area contributed by atoms with Crippen LogP contribution >= 0.6 is 59.6 Å². The van der Waals surface area contributed by atoms with Gasteiger partial charge in [0.1, 0.15) is 0 Å². The van der Waals surface area contributed by atoms with Crippen molar-refractivity contribution in [3.63, 3.8) is 0 Å². The van der Waals surface area contributed by atoms with Crippen LogP contribution in [0.15, 0.2) is 126 Å². The predicted molar refractivity (Wildman–Crippen MR) is 565 cm³/mol. The highest BCUT2D eigenvalue weighted by Crippen LogP contribution is 2.54. The van der Waals surface area contributed by atoms with Gasteiger partial charge in [-0.15, -0.1) is 36.4 Å². The molecule has 1 unspecified atom stereocenters. The molecular weight excluding hydrogens is 2050 g/mol. The fraction of sp³-hybridized carbons (Fsp3) is 0.514. The van der Waals surface area contributed by atoms with E-state index in [1.807, 2.05) is 19.1 Å². The molecule has 5 saturated heterocycles. The van der Waals surface area contributed by atoms with E-state index in [4.69, 9.17) is 75.1 Å². The minimum atomic E-state index is -4.02. The van der Waals surface area contributed by atoms with Crippen LogP contribution in [0.2, 0.25) is 10.0 Å². The number of benzene rings is 8. The summed E-state index contributed by atoms with van der Waals surface area (Å²) in [4.78, 5) is 85.9. The number of ketones is 2. The zero-order valence-electron chi connectivity index (χ0n) is 82.3. The van der Waals surface area contributed by atoms with Crippen LogP contribution in [0.25, 0.3) is 0 Å². The molecule has 5 aliphatic carbocycles. The number of carbonyl (C=O) groups excluding carboxylic acids is 4. The first-order chi connectivity index (χ1) is 67.9. The van der Waals surface area contributed by atoms with Crippen LogP contribution in [0.1, 0.15) is 241 Å². The second-order valence-corrected chi connectivity index (χ2v) is 41.5. The van der Waals surface area contributed by atoms with Gasteiger partial charge in [-0.1, -0.05) is 137 Å². The first-order valence-electron chi connectivity index (χ1n) is 50.0. The van der Waals surface area contributed by atoms with E-state index < -0.39 is 52.3 Å². The predicted octanol–water partition coefficient (Wildman–Crippen LogP) is 19.8. The highest BCUT2D eigenvalue weighted by Gasteiger charge is 2.49. The van der Waals surface area contributed by atoms with Crippen molar-refractivity contribution < 1.29 is 115 Å². The fourth-order valence-electron chi connectivity index (χ4n) is 23.4. The number of hydrogen-bond donors (Lipinski definition) is 6. The maximum absolute atomic E-state index is 13.1. The Morgan fingerprint density at radius 1 is 0.441 bits per heavy atom. The van der Waals surface area contributed by atoms with Crippen molar-refractivity contribution >= 4 is 105 Å². The first-order valence-corrected chi connectivity index (χ1v) is 52.2. The number of aliphatic hydroxyl groups is 1. The molecule has 0 aromatic heterocycles. The summed E-state index contributed by atoms with van der Waals surface area (Å²) in [6.45, 7) is 25.8. The Labute approximate surface area is 884 Å². The normalized spacial score (nSPS) is 23.1. The van der Waals surface area contributed by atoms with Crippen molar-refractivity contribution in [2.45, 2.75) is 252 Å². The molecule has 29 nitrogen and oxygen atoms in total. The van der Waals surface area contributed by atoms with Gasteiger partial charge in [-0.2, -0.15) is 8.42 Å². The molecule has 9 aliphatic heterocycles. The van der Waals surface area contributed by atoms with Crippen molar-refractivity contribution in [2.24, 2.45) is 29.6 Å². The van der Waals surface area contributed by atoms with Crippen molar-refractivity contribution in [3.05, 3.63) is 215 Å². The van der Waals surface area contributed by atoms with Crippen LogP contribution in [0.5, 0.6) is 57.5 Å². The molecule has 0 saturated carbocycles. The summed E-state index contributed by atoms with van der Waals surface area (Å²) in [5.41, 5.74) is 13.3. The zero-order valence-corrected chi connectivity index (χ0v) is 87.8. The number of carbonyl (C=O) groups is 6. The van der Waals surface area contributed by atoms with E-state index in [-0.39, 0.29) is 135 Å². The number of hydrogen-bond acceptors (Lipinski definition) is 26. The smallest absolute Gasteiger partial charge is 0.349 e. The summed E-state index contributed by atoms with van der Waals surface area (Å²) in [5, 5.41) is 50.5. The number of rotatable bonds is 16. The molecule has 8 aromatic rings. The van der Waals surface area contributed by atoms with E-state index in [1.54, 1.807) is 68.4 Å². The maximum Gasteiger partial charge on any atom is 0.349 e. The minimum Gasteiger partial charge on any atom is -0.504 e. The molecule has 0 bridgehead atoms. The Kier molecular flexibility index (Phi) is 40.1. The third kappa shape index (κ3) is 25.5. The van der Waals surface area contributed by atoms with E-state index in [1.165, 1.54) is 156 Å². The Balaban J connectivity index is 0.000000151. The van der Waals surface area contributed by atoms with Gasteiger partial charge < -0.3 is 77.8 Å². The largest absolute Gasteiger partial charge is 0.504 e. The number of phenols is 2. The van der Waals surface area contributed by atoms with Crippen LogP contribution < -0.4 is 37.9 Å². The average Bonchev–Trinajstić information content (AvgIpc) is 1.73. The molecule has 5 fully saturated rings. The third-order valence-corrected chi connectivity index (χ3v) is 31.8. The summed E-state index contributed by atoms with van der Waals surface area (Å²) < 4.78 is 83.4. The number of aliphatic carboxylic acids is 2. The summed E-state index contributed by atoms with van der Waals surface area (Å²) in [6, 6.07) is 36.1. The molecule has 0 amide bonds. The Hall–Kier alpha value is -9.75. The van der Waals surface area contributed by atoms with Gasteiger partial charge in [0.15, 0.2) is 69.1 Å². The molecule has 22 rings (SSSR count). The molecule has 9 heterocycles. The second kappa shape index (κ2) is 51.0. The lowest BCUT2D eigenvalue weighted by Crippen LogP contribution is -2.51. The monoisotopic (exact) mass is 2190 g/mol. The molecule has 34 heteroatoms. The summed E-state index contributed by atoms with van der Waals surface area (Å²) in [6.07, 6.45) is 18.5. The lowest BCUT2D eigenvalue weighted by Gasteiger charge is -2.46. The second-order valence-electron chi connectivity index (χ2n) is 39.3. The maximum atomic E-state index is 13.1. The molecule has 6 N–H and O–H groups in total. The van der Waals surface area contributed by atoms with Gasteiger partial charge >= 0.3 is 23.9 Å². The fourth-order valence-corrected chi connectivity index (χ4v) is 24.4. The first kappa shape index (κ1) is 114. The molecule has 0 radical (unpaired) electrons. The number of Topliss-reactive ketones (excluding diaryl/α,β-unsaturated/α-hetero) is 2. The summed E-state index contributed by atoms with van der Waals surface area (Å²) >= 11 is 12.8. The zero-order chi connectivity index (χ0) is 99.8. The summed E-state index contributed by atoms with van der Waals surface area (Å²) in [5.74, 6) is 2.75. The molecule has 13 atom stereocenters. The Morgan fingerprint density at radius 2 is 0.821 bits per heavy atom. The number of esters is 2. The van der Waals surface area contributed by atoms with Gasteiger partial charge in [-0.05, 0) is 316 Å². The highest BCUT2D eigenvalue weighted by atomic mass is 127. The number of likely N-dealkylation sites (N-methyl/N-ethyl adjacent to an activating group) is 1. The van der Waals surface area contributed by atoms with Crippen LogP contribution in [0.3, 0.4) is 0 Å². The Bertz CT molecular complexity index is 5920. The number of ether oxygens (including phenoxy) is 10. The minimum absolute atomic E-state index is 0. The number of nitrogens with zero attached hydrogens (tertiary/aromatic N) is 5. The van der Waals surface area contributed by atoms with Crippen LogP contribution in [-0.4, -0.2) is 234 Å². The van der Waals surface area contributed by atoms with Gasteiger partial charge in [0.2, 0.25) is 39.4 Å². The molecular formula is C111H141Cl3IN5O24S. The molecule has 8 aromatic carbocycles. The van der Waals surface area contributed by atoms with E-state index in [0.29, 0.717) is 74.9 Å². The van der Waals surface area contributed by atoms with Crippen molar-refractivity contribution in [1.82, 2.24) is 24.5 Å².